The van der Waals surface area contributed by atoms with Crippen LogP contribution < -0.4 is 0 Å². The summed E-state index contributed by atoms with van der Waals surface area (Å²) in [7, 11) is 0. The predicted octanol–water partition coefficient (Wildman–Crippen LogP) is 1.86. The van der Waals surface area contributed by atoms with Crippen molar-refractivity contribution in [1.29, 1.82) is 0 Å². The number of carboxylic acid groups (broad SMARTS) is 1. The van der Waals surface area contributed by atoms with Gasteiger partial charge in [-0.05, 0) is 25.7 Å². The number of aromatic nitrogens is 2. The van der Waals surface area contributed by atoms with Gasteiger partial charge in [-0.1, -0.05) is 13.8 Å². The molecular formula is C15H23N3O3. The average Bonchev–Trinajstić information content (AvgIpc) is 2.85. The van der Waals surface area contributed by atoms with Gasteiger partial charge in [0, 0.05) is 25.3 Å². The Morgan fingerprint density at radius 1 is 1.43 bits per heavy atom. The molecule has 0 radical (unpaired) electrons. The molecule has 0 aliphatic carbocycles. The minimum Gasteiger partial charge on any atom is -0.481 e. The summed E-state index contributed by atoms with van der Waals surface area (Å²) in [6.07, 6.45) is 4.68. The molecule has 2 atom stereocenters. The zero-order valence-electron chi connectivity index (χ0n) is 12.8. The molecule has 0 aromatic carbocycles. The second-order valence-corrected chi connectivity index (χ2v) is 6.26. The first-order valence-corrected chi connectivity index (χ1v) is 7.44. The van der Waals surface area contributed by atoms with E-state index in [1.54, 1.807) is 22.0 Å². The van der Waals surface area contributed by atoms with Crippen molar-refractivity contribution < 1.29 is 14.7 Å². The van der Waals surface area contributed by atoms with E-state index < -0.39 is 11.9 Å². The first kappa shape index (κ1) is 15.5. The number of carbonyl (C=O) groups excluding carboxylic acids is 1. The Bertz CT molecular complexity index is 524. The van der Waals surface area contributed by atoms with Gasteiger partial charge in [0.25, 0.3) is 5.91 Å². The summed E-state index contributed by atoms with van der Waals surface area (Å²) < 4.78 is 1.77. The molecule has 6 heteroatoms. The maximum atomic E-state index is 12.6. The number of rotatable bonds is 4. The van der Waals surface area contributed by atoms with Crippen molar-refractivity contribution >= 4 is 11.9 Å². The van der Waals surface area contributed by atoms with Gasteiger partial charge in [-0.15, -0.1) is 0 Å². The van der Waals surface area contributed by atoms with Gasteiger partial charge in [0.1, 0.15) is 0 Å². The van der Waals surface area contributed by atoms with Gasteiger partial charge in [-0.3, -0.25) is 14.3 Å². The lowest BCUT2D eigenvalue weighted by Crippen LogP contribution is -2.47. The fraction of sp³-hybridized carbons (Fsp3) is 0.667. The topological polar surface area (TPSA) is 75.4 Å². The van der Waals surface area contributed by atoms with Crippen LogP contribution in [0.25, 0.3) is 0 Å². The highest BCUT2D eigenvalue weighted by Crippen LogP contribution is 2.23. The van der Waals surface area contributed by atoms with Crippen molar-refractivity contribution in [2.24, 2.45) is 11.8 Å². The van der Waals surface area contributed by atoms with Crippen LogP contribution in [-0.4, -0.2) is 44.3 Å². The highest BCUT2D eigenvalue weighted by atomic mass is 16.4. The third-order valence-corrected chi connectivity index (χ3v) is 3.92. The largest absolute Gasteiger partial charge is 0.481 e. The first-order chi connectivity index (χ1) is 9.88. The van der Waals surface area contributed by atoms with Crippen LogP contribution in [0.5, 0.6) is 0 Å². The molecule has 21 heavy (non-hydrogen) atoms. The Morgan fingerprint density at radius 3 is 2.76 bits per heavy atom. The zero-order valence-corrected chi connectivity index (χ0v) is 12.8. The van der Waals surface area contributed by atoms with E-state index in [0.717, 1.165) is 13.0 Å². The SMILES string of the molecule is CC(C)Cn1cc(C(=O)N2CC(C(=O)O)CCC2C)cn1. The predicted molar refractivity (Wildman–Crippen MR) is 77.9 cm³/mol. The highest BCUT2D eigenvalue weighted by molar-refractivity contribution is 5.94. The van der Waals surface area contributed by atoms with Crippen LogP contribution in [-0.2, 0) is 11.3 Å². The smallest absolute Gasteiger partial charge is 0.308 e. The molecule has 1 N–H and O–H groups in total. The number of nitrogens with zero attached hydrogens (tertiary/aromatic N) is 3. The van der Waals surface area contributed by atoms with Crippen LogP contribution in [0.2, 0.25) is 0 Å². The number of piperidine rings is 1. The van der Waals surface area contributed by atoms with Gasteiger partial charge in [0.05, 0.1) is 17.7 Å². The van der Waals surface area contributed by atoms with E-state index in [9.17, 15) is 9.59 Å². The van der Waals surface area contributed by atoms with Crippen LogP contribution in [0.15, 0.2) is 12.4 Å². The summed E-state index contributed by atoms with van der Waals surface area (Å²) in [5, 5.41) is 13.3. The number of hydrogen-bond acceptors (Lipinski definition) is 3. The molecule has 1 aliphatic heterocycles. The Labute approximate surface area is 124 Å². The van der Waals surface area contributed by atoms with Crippen LogP contribution in [0.3, 0.4) is 0 Å². The summed E-state index contributed by atoms with van der Waals surface area (Å²) in [6, 6.07) is 0.0709. The lowest BCUT2D eigenvalue weighted by molar-refractivity contribution is -0.143. The normalized spacial score (nSPS) is 22.6. The zero-order chi connectivity index (χ0) is 15.6. The number of hydrogen-bond donors (Lipinski definition) is 1. The summed E-state index contributed by atoms with van der Waals surface area (Å²) in [6.45, 7) is 7.19. The molecule has 2 heterocycles. The van der Waals surface area contributed by atoms with Crippen LogP contribution >= 0.6 is 0 Å². The van der Waals surface area contributed by atoms with Crippen molar-refractivity contribution in [3.8, 4) is 0 Å². The van der Waals surface area contributed by atoms with Crippen molar-refractivity contribution in [2.75, 3.05) is 6.54 Å². The molecule has 1 fully saturated rings. The van der Waals surface area contributed by atoms with E-state index in [1.165, 1.54) is 0 Å². The molecule has 116 valence electrons. The molecule has 1 amide bonds. The molecule has 1 aromatic heterocycles. The number of amides is 1. The Morgan fingerprint density at radius 2 is 2.14 bits per heavy atom. The molecule has 1 saturated heterocycles. The fourth-order valence-corrected chi connectivity index (χ4v) is 2.71. The molecule has 0 spiro atoms. The monoisotopic (exact) mass is 293 g/mol. The first-order valence-electron chi connectivity index (χ1n) is 7.44. The van der Waals surface area contributed by atoms with Crippen molar-refractivity contribution in [3.63, 3.8) is 0 Å². The van der Waals surface area contributed by atoms with Crippen molar-refractivity contribution in [2.45, 2.75) is 46.2 Å². The molecule has 6 nitrogen and oxygen atoms in total. The van der Waals surface area contributed by atoms with E-state index in [0.29, 0.717) is 17.9 Å². The Hall–Kier alpha value is -1.85. The minimum absolute atomic E-state index is 0.0709. The number of aliphatic carboxylic acids is 1. The van der Waals surface area contributed by atoms with Crippen LogP contribution in [0.1, 0.15) is 44.0 Å². The molecule has 2 rings (SSSR count). The second-order valence-electron chi connectivity index (χ2n) is 6.26. The van der Waals surface area contributed by atoms with E-state index in [1.807, 2.05) is 6.92 Å². The van der Waals surface area contributed by atoms with Gasteiger partial charge in [-0.2, -0.15) is 5.10 Å². The molecule has 1 aromatic rings. The minimum atomic E-state index is -0.824. The van der Waals surface area contributed by atoms with Gasteiger partial charge < -0.3 is 10.0 Å². The van der Waals surface area contributed by atoms with Gasteiger partial charge in [0.2, 0.25) is 0 Å². The quantitative estimate of drug-likeness (QED) is 0.919. The fourth-order valence-electron chi connectivity index (χ4n) is 2.71. The molecule has 2 unspecified atom stereocenters. The van der Waals surface area contributed by atoms with Gasteiger partial charge >= 0.3 is 5.97 Å². The summed E-state index contributed by atoms with van der Waals surface area (Å²) in [5.41, 5.74) is 0.536. The average molecular weight is 293 g/mol. The van der Waals surface area contributed by atoms with E-state index in [4.69, 9.17) is 5.11 Å². The van der Waals surface area contributed by atoms with Crippen LogP contribution in [0, 0.1) is 11.8 Å². The van der Waals surface area contributed by atoms with E-state index >= 15 is 0 Å². The number of carbonyl (C=O) groups is 2. The molecule has 0 bridgehead atoms. The van der Waals surface area contributed by atoms with Gasteiger partial charge in [-0.25, -0.2) is 0 Å². The number of carboxylic acids is 1. The maximum absolute atomic E-state index is 12.6. The third-order valence-electron chi connectivity index (χ3n) is 3.92. The van der Waals surface area contributed by atoms with E-state index in [-0.39, 0.29) is 18.5 Å². The Kier molecular flexibility index (Phi) is 4.65. The maximum Gasteiger partial charge on any atom is 0.308 e. The summed E-state index contributed by atoms with van der Waals surface area (Å²) in [4.78, 5) is 25.4. The lowest BCUT2D eigenvalue weighted by Gasteiger charge is -2.36. The number of likely N-dealkylation sites (tertiary alicyclic amines) is 1. The summed E-state index contributed by atoms with van der Waals surface area (Å²) >= 11 is 0. The molecular weight excluding hydrogens is 270 g/mol. The van der Waals surface area contributed by atoms with Gasteiger partial charge in [0.15, 0.2) is 0 Å². The van der Waals surface area contributed by atoms with Crippen molar-refractivity contribution in [1.82, 2.24) is 14.7 Å². The van der Waals surface area contributed by atoms with Crippen LogP contribution in [0.4, 0.5) is 0 Å². The summed E-state index contributed by atoms with van der Waals surface area (Å²) in [5.74, 6) is -0.951. The lowest BCUT2D eigenvalue weighted by atomic mass is 9.93. The van der Waals surface area contributed by atoms with Crippen molar-refractivity contribution in [3.05, 3.63) is 18.0 Å². The standard InChI is InChI=1S/C15H23N3O3/c1-10(2)7-17-8-13(6-16-17)14(19)18-9-12(15(20)21)5-4-11(18)3/h6,8,10-12H,4-5,7,9H2,1-3H3,(H,20,21). The molecule has 1 aliphatic rings. The highest BCUT2D eigenvalue weighted by Gasteiger charge is 2.33. The van der Waals surface area contributed by atoms with E-state index in [2.05, 4.69) is 18.9 Å². The second kappa shape index (κ2) is 6.28. The Balaban J connectivity index is 2.10. The molecule has 0 saturated carbocycles. The third kappa shape index (κ3) is 3.62.